The minimum absolute atomic E-state index is 0.154. The molecule has 0 unspecified atom stereocenters. The molecule has 2 aliphatic heterocycles. The highest BCUT2D eigenvalue weighted by Gasteiger charge is 2.17. The monoisotopic (exact) mass is 297 g/mol. The Bertz CT molecular complexity index is 417. The molecule has 1 aromatic rings. The van der Waals surface area contributed by atoms with E-state index in [9.17, 15) is 0 Å². The van der Waals surface area contributed by atoms with Crippen LogP contribution in [-0.4, -0.2) is 32.5 Å². The molecule has 92 valence electrons. The van der Waals surface area contributed by atoms with Gasteiger partial charge in [-0.05, 0) is 28.1 Å². The molecule has 5 nitrogen and oxygen atoms in total. The largest absolute Gasteiger partial charge is 0.382 e. The maximum Gasteiger partial charge on any atom is 0.132 e. The lowest BCUT2D eigenvalue weighted by Gasteiger charge is -2.24. The molecule has 0 spiro atoms. The summed E-state index contributed by atoms with van der Waals surface area (Å²) in [4.78, 5) is 0. The Kier molecular flexibility index (Phi) is 3.09. The van der Waals surface area contributed by atoms with Crippen molar-refractivity contribution in [1.29, 1.82) is 0 Å². The van der Waals surface area contributed by atoms with Gasteiger partial charge in [0.05, 0.1) is 21.5 Å². The van der Waals surface area contributed by atoms with Gasteiger partial charge >= 0.3 is 0 Å². The predicted octanol–water partition coefficient (Wildman–Crippen LogP) is 1.17. The smallest absolute Gasteiger partial charge is 0.132 e. The first-order valence-corrected chi connectivity index (χ1v) is 6.67. The SMILES string of the molecule is Brc1c(NC2NCCN2)ccc2c1NCCN2. The summed E-state index contributed by atoms with van der Waals surface area (Å²) in [5.41, 5.74) is 3.38. The number of anilines is 3. The lowest BCUT2D eigenvalue weighted by molar-refractivity contribution is 0.620. The number of benzene rings is 1. The summed E-state index contributed by atoms with van der Waals surface area (Å²) in [6.45, 7) is 3.92. The van der Waals surface area contributed by atoms with Crippen LogP contribution in [-0.2, 0) is 0 Å². The molecule has 1 saturated heterocycles. The first-order valence-electron chi connectivity index (χ1n) is 5.88. The van der Waals surface area contributed by atoms with Gasteiger partial charge in [-0.3, -0.25) is 10.6 Å². The van der Waals surface area contributed by atoms with Crippen LogP contribution in [0.2, 0.25) is 0 Å². The van der Waals surface area contributed by atoms with Crippen LogP contribution < -0.4 is 26.6 Å². The molecular weight excluding hydrogens is 282 g/mol. The van der Waals surface area contributed by atoms with E-state index < -0.39 is 0 Å². The fourth-order valence-corrected chi connectivity index (χ4v) is 2.76. The zero-order chi connectivity index (χ0) is 11.7. The van der Waals surface area contributed by atoms with Crippen molar-refractivity contribution >= 4 is 33.0 Å². The van der Waals surface area contributed by atoms with E-state index in [4.69, 9.17) is 0 Å². The summed E-state index contributed by atoms with van der Waals surface area (Å²) in [6, 6.07) is 4.19. The van der Waals surface area contributed by atoms with Crippen LogP contribution in [0.1, 0.15) is 0 Å². The van der Waals surface area contributed by atoms with E-state index in [2.05, 4.69) is 54.6 Å². The predicted molar refractivity (Wildman–Crippen MR) is 74.5 cm³/mol. The highest BCUT2D eigenvalue weighted by atomic mass is 79.9. The molecule has 0 amide bonds. The molecule has 0 bridgehead atoms. The molecule has 0 radical (unpaired) electrons. The van der Waals surface area contributed by atoms with Crippen LogP contribution >= 0.6 is 15.9 Å². The Hall–Kier alpha value is -0.980. The van der Waals surface area contributed by atoms with Crippen LogP contribution in [0.5, 0.6) is 0 Å². The summed E-state index contributed by atoms with van der Waals surface area (Å²) in [6.07, 6.45) is 0.154. The van der Waals surface area contributed by atoms with Gasteiger partial charge in [0.25, 0.3) is 0 Å². The first kappa shape index (κ1) is 11.1. The molecule has 2 aliphatic rings. The Morgan fingerprint density at radius 3 is 2.65 bits per heavy atom. The summed E-state index contributed by atoms with van der Waals surface area (Å²) in [5.74, 6) is 0. The minimum Gasteiger partial charge on any atom is -0.382 e. The molecular formula is C11H16BrN5. The summed E-state index contributed by atoms with van der Waals surface area (Å²) < 4.78 is 1.08. The third-order valence-electron chi connectivity index (χ3n) is 3.01. The molecule has 2 heterocycles. The van der Waals surface area contributed by atoms with Gasteiger partial charge < -0.3 is 16.0 Å². The molecule has 0 aromatic heterocycles. The van der Waals surface area contributed by atoms with Gasteiger partial charge in [0, 0.05) is 26.2 Å². The Morgan fingerprint density at radius 2 is 1.82 bits per heavy atom. The molecule has 1 aromatic carbocycles. The number of hydrogen-bond acceptors (Lipinski definition) is 5. The van der Waals surface area contributed by atoms with E-state index in [0.29, 0.717) is 0 Å². The minimum atomic E-state index is 0.154. The average molecular weight is 298 g/mol. The van der Waals surface area contributed by atoms with Gasteiger partial charge in [-0.1, -0.05) is 0 Å². The Morgan fingerprint density at radius 1 is 1.06 bits per heavy atom. The molecule has 0 aliphatic carbocycles. The normalized spacial score (nSPS) is 19.4. The number of fused-ring (bicyclic) bond motifs is 1. The van der Waals surface area contributed by atoms with E-state index in [1.165, 1.54) is 0 Å². The Balaban J connectivity index is 1.84. The van der Waals surface area contributed by atoms with Crippen molar-refractivity contribution in [3.63, 3.8) is 0 Å². The standard InChI is InChI=1S/C11H16BrN5/c12-9-7(17-11-15-5-6-16-11)1-2-8-10(9)14-4-3-13-8/h1-2,11,13-17H,3-6H2. The van der Waals surface area contributed by atoms with Crippen molar-refractivity contribution in [1.82, 2.24) is 10.6 Å². The van der Waals surface area contributed by atoms with Crippen molar-refractivity contribution in [2.45, 2.75) is 6.29 Å². The van der Waals surface area contributed by atoms with Crippen LogP contribution in [0.3, 0.4) is 0 Å². The van der Waals surface area contributed by atoms with Crippen LogP contribution in [0.25, 0.3) is 0 Å². The van der Waals surface area contributed by atoms with Gasteiger partial charge in [-0.2, -0.15) is 0 Å². The highest BCUT2D eigenvalue weighted by molar-refractivity contribution is 9.10. The number of hydrogen-bond donors (Lipinski definition) is 5. The van der Waals surface area contributed by atoms with Crippen molar-refractivity contribution < 1.29 is 0 Å². The second-order valence-corrected chi connectivity index (χ2v) is 4.98. The van der Waals surface area contributed by atoms with Gasteiger partial charge in [0.2, 0.25) is 0 Å². The zero-order valence-electron chi connectivity index (χ0n) is 9.44. The number of rotatable bonds is 2. The van der Waals surface area contributed by atoms with Crippen molar-refractivity contribution in [2.75, 3.05) is 42.1 Å². The molecule has 17 heavy (non-hydrogen) atoms. The maximum absolute atomic E-state index is 3.65. The lowest BCUT2D eigenvalue weighted by atomic mass is 10.2. The van der Waals surface area contributed by atoms with Gasteiger partial charge in [-0.25, -0.2) is 0 Å². The van der Waals surface area contributed by atoms with Gasteiger partial charge in [0.15, 0.2) is 0 Å². The van der Waals surface area contributed by atoms with Gasteiger partial charge in [-0.15, -0.1) is 0 Å². The quantitative estimate of drug-likeness (QED) is 0.567. The molecule has 0 atom stereocenters. The number of halogens is 1. The zero-order valence-corrected chi connectivity index (χ0v) is 11.0. The van der Waals surface area contributed by atoms with E-state index in [1.807, 2.05) is 0 Å². The molecule has 5 N–H and O–H groups in total. The second kappa shape index (κ2) is 4.72. The van der Waals surface area contributed by atoms with E-state index in [1.54, 1.807) is 0 Å². The fourth-order valence-electron chi connectivity index (χ4n) is 2.16. The third kappa shape index (κ3) is 2.20. The second-order valence-electron chi connectivity index (χ2n) is 4.19. The van der Waals surface area contributed by atoms with Crippen LogP contribution in [0.4, 0.5) is 17.1 Å². The van der Waals surface area contributed by atoms with Crippen LogP contribution in [0.15, 0.2) is 16.6 Å². The first-order chi connectivity index (χ1) is 8.34. The molecule has 0 saturated carbocycles. The fraction of sp³-hybridized carbons (Fsp3) is 0.455. The summed E-state index contributed by atoms with van der Waals surface area (Å²) in [5, 5.41) is 16.9. The third-order valence-corrected chi connectivity index (χ3v) is 3.83. The molecule has 3 rings (SSSR count). The van der Waals surface area contributed by atoms with Crippen molar-refractivity contribution in [3.05, 3.63) is 16.6 Å². The van der Waals surface area contributed by atoms with E-state index in [0.717, 1.165) is 47.7 Å². The highest BCUT2D eigenvalue weighted by Crippen LogP contribution is 2.38. The van der Waals surface area contributed by atoms with E-state index >= 15 is 0 Å². The lowest BCUT2D eigenvalue weighted by Crippen LogP contribution is -2.38. The van der Waals surface area contributed by atoms with Crippen LogP contribution in [0, 0.1) is 0 Å². The topological polar surface area (TPSA) is 60.1 Å². The molecule has 1 fully saturated rings. The molecule has 6 heteroatoms. The summed E-state index contributed by atoms with van der Waals surface area (Å²) in [7, 11) is 0. The number of nitrogens with one attached hydrogen (secondary N) is 5. The maximum atomic E-state index is 3.65. The van der Waals surface area contributed by atoms with Gasteiger partial charge in [0.1, 0.15) is 6.29 Å². The summed E-state index contributed by atoms with van der Waals surface area (Å²) >= 11 is 3.65. The van der Waals surface area contributed by atoms with Crippen molar-refractivity contribution in [2.24, 2.45) is 0 Å². The van der Waals surface area contributed by atoms with Crippen molar-refractivity contribution in [3.8, 4) is 0 Å². The van der Waals surface area contributed by atoms with E-state index in [-0.39, 0.29) is 6.29 Å². The Labute approximate surface area is 109 Å². The average Bonchev–Trinajstić information content (AvgIpc) is 2.86.